The number of aryl methyl sites for hydroxylation is 1. The van der Waals surface area contributed by atoms with Crippen LogP contribution in [0.5, 0.6) is 5.75 Å². The van der Waals surface area contributed by atoms with Gasteiger partial charge >= 0.3 is 0 Å². The molecule has 140 valence electrons. The number of rotatable bonds is 8. The van der Waals surface area contributed by atoms with Crippen LogP contribution in [0, 0.1) is 6.92 Å². The molecular weight excluding hydrogens is 358 g/mol. The molecule has 1 atom stereocenters. The minimum absolute atomic E-state index is 0.241. The van der Waals surface area contributed by atoms with E-state index in [1.54, 1.807) is 24.3 Å². The van der Waals surface area contributed by atoms with Crippen molar-refractivity contribution in [3.8, 4) is 5.75 Å². The maximum Gasteiger partial charge on any atom is 0.240 e. The number of nitrogens with one attached hydrogen (secondary N) is 1. The van der Waals surface area contributed by atoms with Gasteiger partial charge < -0.3 is 4.74 Å². The van der Waals surface area contributed by atoms with Gasteiger partial charge in [-0.05, 0) is 36.8 Å². The Labute approximate surface area is 160 Å². The minimum atomic E-state index is -3.53. The van der Waals surface area contributed by atoms with Crippen LogP contribution >= 0.6 is 0 Å². The highest BCUT2D eigenvalue weighted by molar-refractivity contribution is 7.89. The number of sulfonamides is 1. The van der Waals surface area contributed by atoms with E-state index in [0.29, 0.717) is 6.42 Å². The Morgan fingerprint density at radius 1 is 0.852 bits per heavy atom. The van der Waals surface area contributed by atoms with Gasteiger partial charge in [0.2, 0.25) is 10.0 Å². The first-order chi connectivity index (χ1) is 13.0. The molecule has 0 saturated heterocycles. The van der Waals surface area contributed by atoms with Crippen molar-refractivity contribution in [1.82, 2.24) is 4.72 Å². The zero-order chi connectivity index (χ0) is 19.1. The molecule has 0 aliphatic carbocycles. The van der Waals surface area contributed by atoms with Gasteiger partial charge in [-0.25, -0.2) is 13.1 Å². The van der Waals surface area contributed by atoms with E-state index < -0.39 is 10.0 Å². The van der Waals surface area contributed by atoms with E-state index in [1.807, 2.05) is 67.6 Å². The van der Waals surface area contributed by atoms with Crippen LogP contribution in [0.4, 0.5) is 0 Å². The van der Waals surface area contributed by atoms with Crippen LogP contribution in [0.25, 0.3) is 0 Å². The molecule has 1 unspecified atom stereocenters. The van der Waals surface area contributed by atoms with E-state index >= 15 is 0 Å². The molecule has 3 aromatic carbocycles. The van der Waals surface area contributed by atoms with Gasteiger partial charge in [-0.2, -0.15) is 0 Å². The lowest BCUT2D eigenvalue weighted by molar-refractivity contribution is 0.196. The Kier molecular flexibility index (Phi) is 6.27. The van der Waals surface area contributed by atoms with Gasteiger partial charge in [-0.15, -0.1) is 0 Å². The summed E-state index contributed by atoms with van der Waals surface area (Å²) in [5.41, 5.74) is 2.03. The van der Waals surface area contributed by atoms with Crippen molar-refractivity contribution in [1.29, 1.82) is 0 Å². The summed E-state index contributed by atoms with van der Waals surface area (Å²) in [4.78, 5) is 0.272. The molecule has 4 nitrogen and oxygen atoms in total. The van der Waals surface area contributed by atoms with Crippen LogP contribution in [0.3, 0.4) is 0 Å². The van der Waals surface area contributed by atoms with E-state index in [-0.39, 0.29) is 17.5 Å². The van der Waals surface area contributed by atoms with Crippen molar-refractivity contribution in [2.45, 2.75) is 24.3 Å². The standard InChI is InChI=1S/C22H23NO3S/c1-18-12-14-21(15-13-18)27(24,25)23-17-16-22(19-8-4-2-5-9-19)26-20-10-6-3-7-11-20/h2-15,22-23H,16-17H2,1H3. The molecule has 0 heterocycles. The third kappa shape index (κ3) is 5.42. The smallest absolute Gasteiger partial charge is 0.240 e. The molecule has 3 rings (SSSR count). The fraction of sp³-hybridized carbons (Fsp3) is 0.182. The molecule has 0 aliphatic rings. The van der Waals surface area contributed by atoms with Gasteiger partial charge in [0.1, 0.15) is 11.9 Å². The average Bonchev–Trinajstić information content (AvgIpc) is 2.69. The molecule has 1 N–H and O–H groups in total. The fourth-order valence-electron chi connectivity index (χ4n) is 2.75. The van der Waals surface area contributed by atoms with E-state index in [9.17, 15) is 8.42 Å². The molecule has 0 fully saturated rings. The van der Waals surface area contributed by atoms with Gasteiger partial charge in [-0.3, -0.25) is 0 Å². The summed E-state index contributed by atoms with van der Waals surface area (Å²) in [5, 5.41) is 0. The minimum Gasteiger partial charge on any atom is -0.486 e. The van der Waals surface area contributed by atoms with Crippen LogP contribution in [0.15, 0.2) is 89.8 Å². The van der Waals surface area contributed by atoms with Gasteiger partial charge in [0.15, 0.2) is 0 Å². The quantitative estimate of drug-likeness (QED) is 0.626. The maximum atomic E-state index is 12.5. The highest BCUT2D eigenvalue weighted by atomic mass is 32.2. The van der Waals surface area contributed by atoms with Gasteiger partial charge in [0.25, 0.3) is 0 Å². The van der Waals surface area contributed by atoms with Crippen LogP contribution in [-0.2, 0) is 10.0 Å². The van der Waals surface area contributed by atoms with E-state index in [4.69, 9.17) is 4.74 Å². The Bertz CT molecular complexity index is 940. The average molecular weight is 381 g/mol. The first kappa shape index (κ1) is 19.1. The lowest BCUT2D eigenvalue weighted by Gasteiger charge is -2.20. The predicted octanol–water partition coefficient (Wildman–Crippen LogP) is 4.48. The molecule has 0 bridgehead atoms. The van der Waals surface area contributed by atoms with Crippen molar-refractivity contribution in [3.05, 3.63) is 96.1 Å². The van der Waals surface area contributed by atoms with E-state index in [0.717, 1.165) is 16.9 Å². The Morgan fingerprint density at radius 2 is 1.44 bits per heavy atom. The lowest BCUT2D eigenvalue weighted by Crippen LogP contribution is -2.26. The molecule has 0 aliphatic heterocycles. The summed E-state index contributed by atoms with van der Waals surface area (Å²) in [5.74, 6) is 0.757. The monoisotopic (exact) mass is 381 g/mol. The summed E-state index contributed by atoms with van der Waals surface area (Å²) in [6.07, 6.45) is 0.276. The van der Waals surface area contributed by atoms with Crippen LogP contribution in [-0.4, -0.2) is 15.0 Å². The molecule has 0 spiro atoms. The number of hydrogen-bond acceptors (Lipinski definition) is 3. The van der Waals surface area contributed by atoms with Crippen molar-refractivity contribution in [2.75, 3.05) is 6.54 Å². The van der Waals surface area contributed by atoms with Crippen LogP contribution < -0.4 is 9.46 Å². The number of benzene rings is 3. The summed E-state index contributed by atoms with van der Waals surface area (Å²) in [7, 11) is -3.53. The molecule has 27 heavy (non-hydrogen) atoms. The van der Waals surface area contributed by atoms with Gasteiger partial charge in [-0.1, -0.05) is 66.2 Å². The van der Waals surface area contributed by atoms with Crippen LogP contribution in [0.2, 0.25) is 0 Å². The second kappa shape index (κ2) is 8.84. The molecule has 0 saturated carbocycles. The molecular formula is C22H23NO3S. The molecule has 5 heteroatoms. The van der Waals surface area contributed by atoms with Crippen molar-refractivity contribution in [2.24, 2.45) is 0 Å². The number of hydrogen-bond donors (Lipinski definition) is 1. The highest BCUT2D eigenvalue weighted by Gasteiger charge is 2.17. The predicted molar refractivity (Wildman–Crippen MR) is 107 cm³/mol. The summed E-state index contributed by atoms with van der Waals surface area (Å²) < 4.78 is 33.7. The van der Waals surface area contributed by atoms with E-state index in [2.05, 4.69) is 4.72 Å². The number of para-hydroxylation sites is 1. The topological polar surface area (TPSA) is 55.4 Å². The molecule has 3 aromatic rings. The van der Waals surface area contributed by atoms with Crippen molar-refractivity contribution >= 4 is 10.0 Å². The zero-order valence-corrected chi connectivity index (χ0v) is 16.0. The Balaban J connectivity index is 1.68. The highest BCUT2D eigenvalue weighted by Crippen LogP contribution is 2.24. The van der Waals surface area contributed by atoms with Crippen molar-refractivity contribution in [3.63, 3.8) is 0 Å². The fourth-order valence-corrected chi connectivity index (χ4v) is 3.80. The number of ether oxygens (including phenoxy) is 1. The SMILES string of the molecule is Cc1ccc(S(=O)(=O)NCCC(Oc2ccccc2)c2ccccc2)cc1. The van der Waals surface area contributed by atoms with E-state index in [1.165, 1.54) is 0 Å². The summed E-state index contributed by atoms with van der Waals surface area (Å²) >= 11 is 0. The summed E-state index contributed by atoms with van der Waals surface area (Å²) in [6, 6.07) is 26.2. The second-order valence-electron chi connectivity index (χ2n) is 6.33. The van der Waals surface area contributed by atoms with Crippen LogP contribution in [0.1, 0.15) is 23.7 Å². The maximum absolute atomic E-state index is 12.5. The Hall–Kier alpha value is -2.63. The normalized spacial score (nSPS) is 12.5. The Morgan fingerprint density at radius 3 is 2.07 bits per heavy atom. The first-order valence-corrected chi connectivity index (χ1v) is 10.4. The molecule has 0 aromatic heterocycles. The van der Waals surface area contributed by atoms with Gasteiger partial charge in [0.05, 0.1) is 4.90 Å². The molecule has 0 radical (unpaired) electrons. The third-order valence-electron chi connectivity index (χ3n) is 4.22. The summed E-state index contributed by atoms with van der Waals surface area (Å²) in [6.45, 7) is 2.21. The first-order valence-electron chi connectivity index (χ1n) is 8.87. The largest absolute Gasteiger partial charge is 0.486 e. The zero-order valence-electron chi connectivity index (χ0n) is 15.2. The molecule has 0 amide bonds. The lowest BCUT2D eigenvalue weighted by atomic mass is 10.1. The van der Waals surface area contributed by atoms with Crippen molar-refractivity contribution < 1.29 is 13.2 Å². The third-order valence-corrected chi connectivity index (χ3v) is 5.70. The van der Waals surface area contributed by atoms with Gasteiger partial charge in [0, 0.05) is 13.0 Å². The second-order valence-corrected chi connectivity index (χ2v) is 8.10.